The standard InChI is InChI=1S/C8H10Cl2N2/c1-8(2,3)5-4-6(9)11-12-7(5)10/h4H,1-3H3. The normalized spacial score (nSPS) is 11.8. The minimum Gasteiger partial charge on any atom is -0.137 e. The van der Waals surface area contributed by atoms with Gasteiger partial charge in [-0.2, -0.15) is 0 Å². The molecule has 0 atom stereocenters. The highest BCUT2D eigenvalue weighted by Gasteiger charge is 2.18. The molecule has 2 nitrogen and oxygen atoms in total. The summed E-state index contributed by atoms with van der Waals surface area (Å²) < 4.78 is 0. The van der Waals surface area contributed by atoms with E-state index >= 15 is 0 Å². The maximum absolute atomic E-state index is 5.85. The molecule has 0 spiro atoms. The van der Waals surface area contributed by atoms with Gasteiger partial charge in [0.25, 0.3) is 0 Å². The van der Waals surface area contributed by atoms with E-state index in [2.05, 4.69) is 10.2 Å². The maximum atomic E-state index is 5.85. The van der Waals surface area contributed by atoms with Crippen molar-refractivity contribution in [1.29, 1.82) is 0 Å². The second-order valence-corrected chi connectivity index (χ2v) is 4.37. The fraction of sp³-hybridized carbons (Fsp3) is 0.500. The molecule has 0 aliphatic heterocycles. The van der Waals surface area contributed by atoms with Gasteiger partial charge in [-0.15, -0.1) is 10.2 Å². The van der Waals surface area contributed by atoms with Crippen LogP contribution in [0.5, 0.6) is 0 Å². The summed E-state index contributed by atoms with van der Waals surface area (Å²) in [5.74, 6) is 0. The van der Waals surface area contributed by atoms with E-state index in [0.717, 1.165) is 5.56 Å². The third-order valence-electron chi connectivity index (χ3n) is 1.53. The van der Waals surface area contributed by atoms with Crippen LogP contribution in [-0.2, 0) is 5.41 Å². The molecule has 0 aliphatic rings. The van der Waals surface area contributed by atoms with Gasteiger partial charge < -0.3 is 0 Å². The minimum atomic E-state index is -0.0450. The molecule has 1 aromatic heterocycles. The highest BCUT2D eigenvalue weighted by molar-refractivity contribution is 6.31. The van der Waals surface area contributed by atoms with Crippen molar-refractivity contribution in [2.75, 3.05) is 0 Å². The summed E-state index contributed by atoms with van der Waals surface area (Å²) in [5.41, 5.74) is 0.876. The summed E-state index contributed by atoms with van der Waals surface area (Å²) in [7, 11) is 0. The Labute approximate surface area is 81.9 Å². The first-order valence-corrected chi connectivity index (χ1v) is 4.36. The van der Waals surface area contributed by atoms with E-state index in [1.165, 1.54) is 0 Å². The monoisotopic (exact) mass is 204 g/mol. The number of rotatable bonds is 0. The smallest absolute Gasteiger partial charge is 0.137 e. The number of hydrogen-bond donors (Lipinski definition) is 0. The molecule has 0 amide bonds. The summed E-state index contributed by atoms with van der Waals surface area (Å²) in [5, 5.41) is 8.17. The fourth-order valence-electron chi connectivity index (χ4n) is 0.879. The van der Waals surface area contributed by atoms with Crippen molar-refractivity contribution < 1.29 is 0 Å². The van der Waals surface area contributed by atoms with Crippen LogP contribution in [0.3, 0.4) is 0 Å². The Morgan fingerprint density at radius 2 is 1.75 bits per heavy atom. The lowest BCUT2D eigenvalue weighted by Gasteiger charge is -2.19. The van der Waals surface area contributed by atoms with Crippen LogP contribution in [0.25, 0.3) is 0 Å². The third kappa shape index (κ3) is 2.08. The average molecular weight is 205 g/mol. The van der Waals surface area contributed by atoms with Crippen LogP contribution in [0.1, 0.15) is 26.3 Å². The number of hydrogen-bond acceptors (Lipinski definition) is 2. The van der Waals surface area contributed by atoms with Gasteiger partial charge in [0.1, 0.15) is 0 Å². The Kier molecular flexibility index (Phi) is 2.59. The quantitative estimate of drug-likeness (QED) is 0.650. The van der Waals surface area contributed by atoms with Crippen LogP contribution in [0.2, 0.25) is 10.3 Å². The van der Waals surface area contributed by atoms with E-state index in [1.54, 1.807) is 6.07 Å². The van der Waals surface area contributed by atoms with Crippen LogP contribution in [0, 0.1) is 0 Å². The van der Waals surface area contributed by atoms with Crippen LogP contribution in [-0.4, -0.2) is 10.2 Å². The topological polar surface area (TPSA) is 25.8 Å². The van der Waals surface area contributed by atoms with Gasteiger partial charge >= 0.3 is 0 Å². The van der Waals surface area contributed by atoms with Crippen LogP contribution >= 0.6 is 23.2 Å². The molecule has 1 rings (SSSR count). The van der Waals surface area contributed by atoms with Gasteiger partial charge in [-0.05, 0) is 17.0 Å². The van der Waals surface area contributed by atoms with Crippen LogP contribution in [0.4, 0.5) is 0 Å². The molecular formula is C8H10Cl2N2. The van der Waals surface area contributed by atoms with Gasteiger partial charge in [0, 0.05) is 0 Å². The molecule has 0 N–H and O–H groups in total. The lowest BCUT2D eigenvalue weighted by molar-refractivity contribution is 0.585. The predicted molar refractivity (Wildman–Crippen MR) is 50.8 cm³/mol. The van der Waals surface area contributed by atoms with Gasteiger partial charge in [-0.1, -0.05) is 44.0 Å². The molecule has 0 saturated carbocycles. The average Bonchev–Trinajstić information content (AvgIpc) is 1.92. The van der Waals surface area contributed by atoms with E-state index in [4.69, 9.17) is 23.2 Å². The fourth-order valence-corrected chi connectivity index (χ4v) is 1.40. The maximum Gasteiger partial charge on any atom is 0.155 e. The van der Waals surface area contributed by atoms with Crippen LogP contribution in [0.15, 0.2) is 6.07 Å². The van der Waals surface area contributed by atoms with E-state index in [9.17, 15) is 0 Å². The molecule has 12 heavy (non-hydrogen) atoms. The molecule has 0 radical (unpaired) electrons. The van der Waals surface area contributed by atoms with E-state index < -0.39 is 0 Å². The summed E-state index contributed by atoms with van der Waals surface area (Å²) in [6.45, 7) is 6.14. The third-order valence-corrected chi connectivity index (χ3v) is 1.99. The molecule has 0 fully saturated rings. The second-order valence-electron chi connectivity index (χ2n) is 3.62. The van der Waals surface area contributed by atoms with Crippen molar-refractivity contribution in [1.82, 2.24) is 10.2 Å². The zero-order chi connectivity index (χ0) is 9.35. The Bertz CT molecular complexity index is 292. The Balaban J connectivity index is 3.23. The number of nitrogens with zero attached hydrogens (tertiary/aromatic N) is 2. The lowest BCUT2D eigenvalue weighted by atomic mass is 9.89. The molecule has 0 aromatic carbocycles. The van der Waals surface area contributed by atoms with Gasteiger partial charge in [0.05, 0.1) is 0 Å². The first-order valence-electron chi connectivity index (χ1n) is 3.60. The number of halogens is 2. The summed E-state index contributed by atoms with van der Waals surface area (Å²) in [6.07, 6.45) is 0. The van der Waals surface area contributed by atoms with E-state index in [-0.39, 0.29) is 5.41 Å². The number of aromatic nitrogens is 2. The molecule has 0 bridgehead atoms. The zero-order valence-corrected chi connectivity index (χ0v) is 8.74. The molecule has 0 saturated heterocycles. The van der Waals surface area contributed by atoms with Crippen molar-refractivity contribution in [3.05, 3.63) is 21.9 Å². The molecule has 0 aliphatic carbocycles. The van der Waals surface area contributed by atoms with E-state index in [1.807, 2.05) is 20.8 Å². The summed E-state index contributed by atoms with van der Waals surface area (Å²) in [6, 6.07) is 1.75. The highest BCUT2D eigenvalue weighted by atomic mass is 35.5. The summed E-state index contributed by atoms with van der Waals surface area (Å²) >= 11 is 11.5. The van der Waals surface area contributed by atoms with Crippen molar-refractivity contribution >= 4 is 23.2 Å². The molecule has 1 aromatic rings. The SMILES string of the molecule is CC(C)(C)c1cc(Cl)nnc1Cl. The summed E-state index contributed by atoms with van der Waals surface area (Å²) in [4.78, 5) is 0. The molecule has 4 heteroatoms. The molecule has 0 unspecified atom stereocenters. The Hall–Kier alpha value is -0.340. The van der Waals surface area contributed by atoms with Crippen molar-refractivity contribution in [2.45, 2.75) is 26.2 Å². The molecular weight excluding hydrogens is 195 g/mol. The van der Waals surface area contributed by atoms with Gasteiger partial charge in [0.2, 0.25) is 0 Å². The van der Waals surface area contributed by atoms with Gasteiger partial charge in [-0.3, -0.25) is 0 Å². The first-order chi connectivity index (χ1) is 5.41. The highest BCUT2D eigenvalue weighted by Crippen LogP contribution is 2.28. The van der Waals surface area contributed by atoms with Gasteiger partial charge in [0.15, 0.2) is 10.3 Å². The largest absolute Gasteiger partial charge is 0.155 e. The Morgan fingerprint density at radius 1 is 1.17 bits per heavy atom. The molecule has 1 heterocycles. The zero-order valence-electron chi connectivity index (χ0n) is 7.23. The van der Waals surface area contributed by atoms with Gasteiger partial charge in [-0.25, -0.2) is 0 Å². The van der Waals surface area contributed by atoms with Crippen molar-refractivity contribution in [3.63, 3.8) is 0 Å². The lowest BCUT2D eigenvalue weighted by Crippen LogP contribution is -2.13. The van der Waals surface area contributed by atoms with E-state index in [0.29, 0.717) is 10.3 Å². The second kappa shape index (κ2) is 3.19. The van der Waals surface area contributed by atoms with Crippen molar-refractivity contribution in [3.8, 4) is 0 Å². The predicted octanol–water partition coefficient (Wildman–Crippen LogP) is 3.08. The minimum absolute atomic E-state index is 0.0450. The van der Waals surface area contributed by atoms with Crippen LogP contribution < -0.4 is 0 Å². The first kappa shape index (κ1) is 9.75. The molecule has 66 valence electrons. The Morgan fingerprint density at radius 3 is 2.17 bits per heavy atom. The van der Waals surface area contributed by atoms with Crippen molar-refractivity contribution in [2.24, 2.45) is 0 Å².